The second-order valence-corrected chi connectivity index (χ2v) is 12.5. The van der Waals surface area contributed by atoms with Crippen LogP contribution in [0.2, 0.25) is 5.02 Å². The Hall–Kier alpha value is -3.63. The average Bonchev–Trinajstić information content (AvgIpc) is 3.50. The summed E-state index contributed by atoms with van der Waals surface area (Å²) in [4.78, 5) is 28.9. The smallest absolute Gasteiger partial charge is 0.264 e. The van der Waals surface area contributed by atoms with Crippen LogP contribution in [0.3, 0.4) is 0 Å². The Morgan fingerprint density at radius 1 is 1.00 bits per heavy atom. The van der Waals surface area contributed by atoms with Crippen molar-refractivity contribution in [2.75, 3.05) is 18.0 Å². The summed E-state index contributed by atoms with van der Waals surface area (Å²) >= 11 is 6.07. The van der Waals surface area contributed by atoms with Crippen molar-refractivity contribution in [2.24, 2.45) is 0 Å². The lowest BCUT2D eigenvalue weighted by Gasteiger charge is -2.33. The standard InChI is InChI=1S/C31H35ClFN3O5S/c1-3-29(31(38)34-25-6-4-5-7-25)35(20-22-8-10-23(32)11-9-22)30(37)21-36(26-14-12-24(33)13-15-26)42(39,40)28-18-16-27(41-2)17-19-28/h8-19,25,29H,3-7,20-21H2,1-2H3,(H,34,38)/t29-/m1/s1. The number of methoxy groups -OCH3 is 1. The third-order valence-corrected chi connectivity index (χ3v) is 9.43. The van der Waals surface area contributed by atoms with Gasteiger partial charge in [-0.2, -0.15) is 0 Å². The van der Waals surface area contributed by atoms with Gasteiger partial charge < -0.3 is 15.0 Å². The highest BCUT2D eigenvalue weighted by molar-refractivity contribution is 7.92. The van der Waals surface area contributed by atoms with E-state index in [2.05, 4.69) is 5.32 Å². The number of carbonyl (C=O) groups is 2. The summed E-state index contributed by atoms with van der Waals surface area (Å²) in [5, 5.41) is 3.60. The van der Waals surface area contributed by atoms with E-state index in [1.54, 1.807) is 24.3 Å². The van der Waals surface area contributed by atoms with E-state index in [9.17, 15) is 22.4 Å². The molecule has 1 N–H and O–H groups in total. The van der Waals surface area contributed by atoms with Crippen molar-refractivity contribution in [3.63, 3.8) is 0 Å². The third-order valence-electron chi connectivity index (χ3n) is 7.39. The first-order chi connectivity index (χ1) is 20.1. The van der Waals surface area contributed by atoms with Gasteiger partial charge in [-0.05, 0) is 85.5 Å². The highest BCUT2D eigenvalue weighted by atomic mass is 35.5. The predicted octanol–water partition coefficient (Wildman–Crippen LogP) is 5.55. The van der Waals surface area contributed by atoms with E-state index in [4.69, 9.17) is 16.3 Å². The number of hydrogen-bond acceptors (Lipinski definition) is 5. The molecular formula is C31H35ClFN3O5S. The zero-order valence-corrected chi connectivity index (χ0v) is 25.2. The topological polar surface area (TPSA) is 96.0 Å². The molecule has 0 aliphatic heterocycles. The summed E-state index contributed by atoms with van der Waals surface area (Å²) in [6.45, 7) is 1.26. The summed E-state index contributed by atoms with van der Waals surface area (Å²) in [6.07, 6.45) is 4.15. The summed E-state index contributed by atoms with van der Waals surface area (Å²) in [6, 6.07) is 16.7. The largest absolute Gasteiger partial charge is 0.497 e. The fourth-order valence-electron chi connectivity index (χ4n) is 5.08. The van der Waals surface area contributed by atoms with Crippen molar-refractivity contribution in [2.45, 2.75) is 62.6 Å². The molecule has 224 valence electrons. The van der Waals surface area contributed by atoms with E-state index in [-0.39, 0.29) is 29.1 Å². The molecule has 3 aromatic carbocycles. The molecule has 1 fully saturated rings. The molecule has 3 aromatic rings. The SMILES string of the molecule is CC[C@H](C(=O)NC1CCCC1)N(Cc1ccc(Cl)cc1)C(=O)CN(c1ccc(F)cc1)S(=O)(=O)c1ccc(OC)cc1. The fraction of sp³-hybridized carbons (Fsp3) is 0.355. The zero-order chi connectivity index (χ0) is 30.3. The lowest BCUT2D eigenvalue weighted by molar-refractivity contribution is -0.140. The van der Waals surface area contributed by atoms with Crippen molar-refractivity contribution < 1.29 is 27.1 Å². The normalized spacial score (nSPS) is 14.3. The van der Waals surface area contributed by atoms with Crippen molar-refractivity contribution >= 4 is 39.1 Å². The van der Waals surface area contributed by atoms with E-state index in [0.29, 0.717) is 17.2 Å². The maximum absolute atomic E-state index is 14.1. The summed E-state index contributed by atoms with van der Waals surface area (Å²) in [5.74, 6) is -0.949. The third kappa shape index (κ3) is 7.60. The van der Waals surface area contributed by atoms with Crippen LogP contribution in [0.4, 0.5) is 10.1 Å². The molecule has 2 amide bonds. The van der Waals surface area contributed by atoms with E-state index in [1.165, 1.54) is 48.4 Å². The number of anilines is 1. The van der Waals surface area contributed by atoms with Crippen LogP contribution in [-0.4, -0.2) is 50.9 Å². The van der Waals surface area contributed by atoms with Crippen LogP contribution < -0.4 is 14.4 Å². The first kappa shape index (κ1) is 31.3. The van der Waals surface area contributed by atoms with E-state index in [1.807, 2.05) is 6.92 Å². The Morgan fingerprint density at radius 2 is 1.62 bits per heavy atom. The van der Waals surface area contributed by atoms with Gasteiger partial charge in [-0.25, -0.2) is 12.8 Å². The van der Waals surface area contributed by atoms with Crippen molar-refractivity contribution in [1.82, 2.24) is 10.2 Å². The van der Waals surface area contributed by atoms with Crippen LogP contribution >= 0.6 is 11.6 Å². The van der Waals surface area contributed by atoms with Gasteiger partial charge in [0.25, 0.3) is 10.0 Å². The molecule has 0 saturated heterocycles. The number of rotatable bonds is 12. The summed E-state index contributed by atoms with van der Waals surface area (Å²) < 4.78 is 47.7. The monoisotopic (exact) mass is 615 g/mol. The number of nitrogens with zero attached hydrogens (tertiary/aromatic N) is 2. The Morgan fingerprint density at radius 3 is 2.19 bits per heavy atom. The minimum Gasteiger partial charge on any atom is -0.497 e. The highest BCUT2D eigenvalue weighted by Gasteiger charge is 2.34. The molecule has 1 aliphatic rings. The number of nitrogens with one attached hydrogen (secondary N) is 1. The Labute approximate surface area is 251 Å². The van der Waals surface area contributed by atoms with Gasteiger partial charge in [-0.15, -0.1) is 0 Å². The molecule has 1 atom stereocenters. The molecule has 0 aromatic heterocycles. The molecule has 1 aliphatic carbocycles. The number of carbonyl (C=O) groups excluding carboxylic acids is 2. The van der Waals surface area contributed by atoms with Crippen LogP contribution in [0.1, 0.15) is 44.6 Å². The van der Waals surface area contributed by atoms with Crippen molar-refractivity contribution in [1.29, 1.82) is 0 Å². The van der Waals surface area contributed by atoms with Crippen LogP contribution in [0.15, 0.2) is 77.7 Å². The van der Waals surface area contributed by atoms with Crippen LogP contribution in [0.25, 0.3) is 0 Å². The number of amides is 2. The lowest BCUT2D eigenvalue weighted by atomic mass is 10.1. The molecule has 0 heterocycles. The number of ether oxygens (including phenoxy) is 1. The molecule has 0 bridgehead atoms. The molecule has 42 heavy (non-hydrogen) atoms. The Balaban J connectivity index is 1.70. The number of benzene rings is 3. The Bertz CT molecular complexity index is 1460. The van der Waals surface area contributed by atoms with Crippen LogP contribution in [0.5, 0.6) is 5.75 Å². The van der Waals surface area contributed by atoms with Crippen molar-refractivity contribution in [3.8, 4) is 5.75 Å². The zero-order valence-electron chi connectivity index (χ0n) is 23.6. The summed E-state index contributed by atoms with van der Waals surface area (Å²) in [5.41, 5.74) is 0.835. The second kappa shape index (κ2) is 14.0. The molecule has 1 saturated carbocycles. The molecular weight excluding hydrogens is 581 g/mol. The average molecular weight is 616 g/mol. The van der Waals surface area contributed by atoms with Gasteiger partial charge in [0.1, 0.15) is 24.2 Å². The molecule has 4 rings (SSSR count). The maximum atomic E-state index is 14.1. The van der Waals surface area contributed by atoms with Gasteiger partial charge in [0, 0.05) is 17.6 Å². The second-order valence-electron chi connectivity index (χ2n) is 10.2. The van der Waals surface area contributed by atoms with Gasteiger partial charge in [0.05, 0.1) is 17.7 Å². The van der Waals surface area contributed by atoms with E-state index in [0.717, 1.165) is 47.7 Å². The molecule has 0 radical (unpaired) electrons. The molecule has 11 heteroatoms. The Kier molecular flexibility index (Phi) is 10.5. The van der Waals surface area contributed by atoms with Crippen LogP contribution in [-0.2, 0) is 26.2 Å². The van der Waals surface area contributed by atoms with Crippen molar-refractivity contribution in [3.05, 3.63) is 89.2 Å². The number of halogens is 2. The lowest BCUT2D eigenvalue weighted by Crippen LogP contribution is -2.53. The summed E-state index contributed by atoms with van der Waals surface area (Å²) in [7, 11) is -2.81. The quantitative estimate of drug-likeness (QED) is 0.288. The fourth-order valence-corrected chi connectivity index (χ4v) is 6.62. The van der Waals surface area contributed by atoms with Gasteiger partial charge >= 0.3 is 0 Å². The molecule has 8 nitrogen and oxygen atoms in total. The number of hydrogen-bond donors (Lipinski definition) is 1. The minimum atomic E-state index is -4.28. The van der Waals surface area contributed by atoms with Gasteiger partial charge in [0.15, 0.2) is 0 Å². The van der Waals surface area contributed by atoms with E-state index < -0.39 is 34.3 Å². The highest BCUT2D eigenvalue weighted by Crippen LogP contribution is 2.27. The van der Waals surface area contributed by atoms with Gasteiger partial charge in [0.2, 0.25) is 11.8 Å². The molecule has 0 spiro atoms. The number of sulfonamides is 1. The predicted molar refractivity (Wildman–Crippen MR) is 160 cm³/mol. The van der Waals surface area contributed by atoms with Gasteiger partial charge in [-0.1, -0.05) is 43.5 Å². The van der Waals surface area contributed by atoms with Gasteiger partial charge in [-0.3, -0.25) is 13.9 Å². The molecule has 0 unspecified atom stereocenters. The first-order valence-electron chi connectivity index (χ1n) is 13.9. The minimum absolute atomic E-state index is 0.0465. The van der Waals surface area contributed by atoms with Crippen LogP contribution in [0, 0.1) is 5.82 Å². The van der Waals surface area contributed by atoms with E-state index >= 15 is 0 Å². The first-order valence-corrected chi connectivity index (χ1v) is 15.7. The maximum Gasteiger partial charge on any atom is 0.264 e.